The van der Waals surface area contributed by atoms with Crippen molar-refractivity contribution in [3.63, 3.8) is 0 Å². The molecule has 0 radical (unpaired) electrons. The molecule has 1 amide bonds. The number of nitrogens with one attached hydrogen (secondary N) is 1. The van der Waals surface area contributed by atoms with E-state index in [2.05, 4.69) is 33.0 Å². The first kappa shape index (κ1) is 42.6. The van der Waals surface area contributed by atoms with E-state index >= 15 is 0 Å². The fourth-order valence-corrected chi connectivity index (χ4v) is 12.3. The number of carbonyl (C=O) groups is 2. The molecule has 4 aliphatic rings. The summed E-state index contributed by atoms with van der Waals surface area (Å²) in [6, 6.07) is 0. The Morgan fingerprint density at radius 1 is 0.765 bits per heavy atom. The molecule has 4 rings (SSSR count). The summed E-state index contributed by atoms with van der Waals surface area (Å²) in [5.41, 5.74) is 0.677. The lowest BCUT2D eigenvalue weighted by Gasteiger charge is -2.61. The van der Waals surface area contributed by atoms with Crippen molar-refractivity contribution in [1.82, 2.24) is 5.32 Å². The average molecular weight is 736 g/mol. The number of unbranched alkanes of at least 4 members (excludes halogenated alkanes) is 13. The van der Waals surface area contributed by atoms with Crippen LogP contribution in [0.4, 0.5) is 0 Å². The zero-order chi connectivity index (χ0) is 36.9. The van der Waals surface area contributed by atoms with Crippen LogP contribution in [-0.2, 0) is 24.4 Å². The molecule has 8 heteroatoms. The van der Waals surface area contributed by atoms with Gasteiger partial charge < -0.3 is 10.1 Å². The Labute approximate surface area is 313 Å². The Morgan fingerprint density at radius 2 is 1.35 bits per heavy atom. The van der Waals surface area contributed by atoms with E-state index in [9.17, 15) is 18.0 Å². The summed E-state index contributed by atoms with van der Waals surface area (Å²) in [4.78, 5) is 25.2. The summed E-state index contributed by atoms with van der Waals surface area (Å²) >= 11 is 0. The summed E-state index contributed by atoms with van der Waals surface area (Å²) in [5, 5.41) is 2.65. The Balaban J connectivity index is 1.11. The summed E-state index contributed by atoms with van der Waals surface area (Å²) in [6.07, 6.45) is 31.4. The van der Waals surface area contributed by atoms with Crippen LogP contribution in [0.15, 0.2) is 0 Å². The first-order valence-corrected chi connectivity index (χ1v) is 23.4. The highest BCUT2D eigenvalue weighted by Crippen LogP contribution is 2.68. The highest BCUT2D eigenvalue weighted by atomic mass is 32.2. The van der Waals surface area contributed by atoms with Crippen LogP contribution >= 0.6 is 0 Å². The summed E-state index contributed by atoms with van der Waals surface area (Å²) < 4.78 is 37.0. The van der Waals surface area contributed by atoms with E-state index < -0.39 is 15.9 Å². The van der Waals surface area contributed by atoms with Crippen molar-refractivity contribution in [3.8, 4) is 0 Å². The Kier molecular flexibility index (Phi) is 17.1. The van der Waals surface area contributed by atoms with Gasteiger partial charge in [-0.2, -0.15) is 8.42 Å². The zero-order valence-electron chi connectivity index (χ0n) is 33.2. The average Bonchev–Trinajstić information content (AvgIpc) is 3.44. The van der Waals surface area contributed by atoms with Crippen molar-refractivity contribution in [2.24, 2.45) is 46.3 Å². The van der Waals surface area contributed by atoms with Gasteiger partial charge in [-0.15, -0.1) is 0 Å². The first-order chi connectivity index (χ1) is 24.4. The fourth-order valence-electron chi connectivity index (χ4n) is 12.0. The second-order valence-corrected chi connectivity index (χ2v) is 19.8. The van der Waals surface area contributed by atoms with Crippen LogP contribution in [0.1, 0.15) is 195 Å². The van der Waals surface area contributed by atoms with Crippen molar-refractivity contribution in [2.75, 3.05) is 12.3 Å². The van der Waals surface area contributed by atoms with Crippen LogP contribution < -0.4 is 5.32 Å². The maximum absolute atomic E-state index is 12.8. The molecule has 9 atom stereocenters. The molecule has 4 fully saturated rings. The Bertz CT molecular complexity index is 1170. The molecular formula is C43H77NO6S. The normalized spacial score (nSPS) is 32.4. The van der Waals surface area contributed by atoms with Gasteiger partial charge in [-0.25, -0.2) is 0 Å². The van der Waals surface area contributed by atoms with E-state index in [0.717, 1.165) is 49.9 Å². The SMILES string of the molecule is CCCCCCCCCCCCCCCCC(=O)OC1CCC2(C)C(CCC3C2CCC2(C)C(C(C)CCC(=O)NCCS(=O)(=O)O)CCC32)C1. The van der Waals surface area contributed by atoms with Gasteiger partial charge in [0.2, 0.25) is 5.91 Å². The lowest BCUT2D eigenvalue weighted by atomic mass is 9.44. The van der Waals surface area contributed by atoms with Crippen LogP contribution in [-0.4, -0.2) is 43.2 Å². The molecule has 4 aliphatic carbocycles. The number of ether oxygens (including phenoxy) is 1. The molecule has 7 nitrogen and oxygen atoms in total. The van der Waals surface area contributed by atoms with Gasteiger partial charge in [0.05, 0.1) is 5.75 Å². The van der Waals surface area contributed by atoms with Crippen molar-refractivity contribution in [2.45, 2.75) is 201 Å². The standard InChI is InChI=1S/C43H77NO6S/c1-5-6-7-8-9-10-11-12-13-14-15-16-17-18-19-41(46)50-35-26-28-42(3)34(32-35)21-22-36-38-24-23-37(43(38,4)29-27-39(36)42)33(2)20-25-40(45)44-30-31-51(47,48)49/h33-39H,5-32H2,1-4H3,(H,44,45)(H,47,48,49). The second kappa shape index (κ2) is 20.5. The molecule has 0 aromatic heterocycles. The van der Waals surface area contributed by atoms with Crippen molar-refractivity contribution < 1.29 is 27.3 Å². The molecule has 0 aliphatic heterocycles. The largest absolute Gasteiger partial charge is 0.462 e. The number of hydrogen-bond acceptors (Lipinski definition) is 5. The van der Waals surface area contributed by atoms with Gasteiger partial charge in [0, 0.05) is 19.4 Å². The molecule has 51 heavy (non-hydrogen) atoms. The third-order valence-electron chi connectivity index (χ3n) is 14.9. The van der Waals surface area contributed by atoms with Gasteiger partial charge >= 0.3 is 5.97 Å². The molecule has 0 bridgehead atoms. The first-order valence-electron chi connectivity index (χ1n) is 21.8. The molecule has 9 unspecified atom stereocenters. The summed E-state index contributed by atoms with van der Waals surface area (Å²) in [7, 11) is -4.06. The number of esters is 1. The van der Waals surface area contributed by atoms with Crippen molar-refractivity contribution >= 4 is 22.0 Å². The molecule has 0 aromatic rings. The summed E-state index contributed by atoms with van der Waals surface area (Å²) in [6.45, 7) is 9.69. The van der Waals surface area contributed by atoms with Gasteiger partial charge in [-0.1, -0.05) is 111 Å². The molecule has 0 aromatic carbocycles. The fraction of sp³-hybridized carbons (Fsp3) is 0.953. The van der Waals surface area contributed by atoms with Crippen LogP contribution in [0.5, 0.6) is 0 Å². The molecule has 0 heterocycles. The van der Waals surface area contributed by atoms with Gasteiger partial charge in [0.15, 0.2) is 0 Å². The van der Waals surface area contributed by atoms with E-state index in [1.165, 1.54) is 122 Å². The van der Waals surface area contributed by atoms with Gasteiger partial charge in [0.1, 0.15) is 6.10 Å². The molecular weight excluding hydrogens is 659 g/mol. The number of rotatable bonds is 23. The van der Waals surface area contributed by atoms with E-state index in [1.54, 1.807) is 0 Å². The number of amides is 1. The lowest BCUT2D eigenvalue weighted by Crippen LogP contribution is -2.54. The molecule has 2 N–H and O–H groups in total. The third-order valence-corrected chi connectivity index (χ3v) is 15.6. The third kappa shape index (κ3) is 12.4. The minimum atomic E-state index is -4.06. The second-order valence-electron chi connectivity index (χ2n) is 18.3. The molecule has 296 valence electrons. The minimum Gasteiger partial charge on any atom is -0.462 e. The Morgan fingerprint density at radius 3 is 1.98 bits per heavy atom. The lowest BCUT2D eigenvalue weighted by molar-refractivity contribution is -0.162. The van der Waals surface area contributed by atoms with Gasteiger partial charge in [-0.05, 0) is 117 Å². The monoisotopic (exact) mass is 736 g/mol. The number of carbonyl (C=O) groups excluding carboxylic acids is 2. The highest BCUT2D eigenvalue weighted by molar-refractivity contribution is 7.85. The van der Waals surface area contributed by atoms with Crippen LogP contribution in [0, 0.1) is 46.3 Å². The molecule has 0 saturated heterocycles. The van der Waals surface area contributed by atoms with Crippen LogP contribution in [0.25, 0.3) is 0 Å². The highest BCUT2D eigenvalue weighted by Gasteiger charge is 2.60. The number of hydrogen-bond donors (Lipinski definition) is 2. The van der Waals surface area contributed by atoms with Crippen molar-refractivity contribution in [3.05, 3.63) is 0 Å². The van der Waals surface area contributed by atoms with Crippen molar-refractivity contribution in [1.29, 1.82) is 0 Å². The number of fused-ring (bicyclic) bond motifs is 5. The van der Waals surface area contributed by atoms with E-state index in [1.807, 2.05) is 0 Å². The molecule has 4 saturated carbocycles. The van der Waals surface area contributed by atoms with Gasteiger partial charge in [0.25, 0.3) is 10.1 Å². The van der Waals surface area contributed by atoms with Crippen LogP contribution in [0.2, 0.25) is 0 Å². The Hall–Kier alpha value is -1.15. The van der Waals surface area contributed by atoms with E-state index in [-0.39, 0.29) is 24.5 Å². The molecule has 0 spiro atoms. The van der Waals surface area contributed by atoms with Gasteiger partial charge in [-0.3, -0.25) is 14.1 Å². The minimum absolute atomic E-state index is 0.0337. The van der Waals surface area contributed by atoms with E-state index in [0.29, 0.717) is 41.4 Å². The zero-order valence-corrected chi connectivity index (χ0v) is 34.1. The quantitative estimate of drug-likeness (QED) is 0.0614. The maximum Gasteiger partial charge on any atom is 0.306 e. The smallest absolute Gasteiger partial charge is 0.306 e. The maximum atomic E-state index is 12.8. The summed E-state index contributed by atoms with van der Waals surface area (Å²) in [5.74, 6) is 3.50. The van der Waals surface area contributed by atoms with E-state index in [4.69, 9.17) is 9.29 Å². The predicted octanol–water partition coefficient (Wildman–Crippen LogP) is 10.8. The van der Waals surface area contributed by atoms with Crippen LogP contribution in [0.3, 0.4) is 0 Å². The topological polar surface area (TPSA) is 110 Å². The predicted molar refractivity (Wildman–Crippen MR) is 208 cm³/mol.